The van der Waals surface area contributed by atoms with Gasteiger partial charge in [0.1, 0.15) is 5.25 Å². The van der Waals surface area contributed by atoms with Gasteiger partial charge < -0.3 is 15.7 Å². The van der Waals surface area contributed by atoms with Gasteiger partial charge in [0.2, 0.25) is 5.91 Å². The largest absolute Gasteiger partial charge is 0.478 e. The van der Waals surface area contributed by atoms with Crippen LogP contribution in [0.2, 0.25) is 20.1 Å². The van der Waals surface area contributed by atoms with E-state index in [4.69, 9.17) is 46.4 Å². The maximum atomic E-state index is 13.4. The van der Waals surface area contributed by atoms with E-state index in [0.29, 0.717) is 10.8 Å². The van der Waals surface area contributed by atoms with Gasteiger partial charge in [-0.3, -0.25) is 9.59 Å². The zero-order valence-electron chi connectivity index (χ0n) is 21.0. The fourth-order valence-electron chi connectivity index (χ4n) is 3.99. The van der Waals surface area contributed by atoms with Crippen molar-refractivity contribution in [3.05, 3.63) is 116 Å². The van der Waals surface area contributed by atoms with Crippen LogP contribution < -0.4 is 10.6 Å². The molecule has 1 atom stereocenters. The van der Waals surface area contributed by atoms with Crippen molar-refractivity contribution >= 4 is 108 Å². The molecule has 0 aliphatic carbocycles. The van der Waals surface area contributed by atoms with Crippen LogP contribution in [-0.2, 0) is 4.79 Å². The molecule has 5 aromatic rings. The monoisotopic (exact) mass is 675 g/mol. The number of hydrogen-bond donors (Lipinski definition) is 3. The van der Waals surface area contributed by atoms with Crippen LogP contribution in [0.5, 0.6) is 0 Å². The fourth-order valence-corrected chi connectivity index (χ4v) is 6.90. The van der Waals surface area contributed by atoms with Gasteiger partial charge in [-0.2, -0.15) is 0 Å². The SMILES string of the molecule is O=C(O)c1c(Cl)c(Cl)c(Cl)c(Cl)c1C(=O)Nc1ccc(SC(C(=O)Nc2nc3ccccc3s2)c2ccccc2)cc1. The summed E-state index contributed by atoms with van der Waals surface area (Å²) in [7, 11) is 0. The van der Waals surface area contributed by atoms with Gasteiger partial charge in [-0.1, -0.05) is 100 Å². The second-order valence-corrected chi connectivity index (χ2v) is 12.4. The van der Waals surface area contributed by atoms with Crippen LogP contribution in [0.1, 0.15) is 31.5 Å². The van der Waals surface area contributed by atoms with E-state index in [-0.39, 0.29) is 21.0 Å². The molecule has 2 amide bonds. The maximum Gasteiger partial charge on any atom is 0.338 e. The Labute approximate surface area is 267 Å². The molecule has 0 saturated heterocycles. The number of fused-ring (bicyclic) bond motifs is 1. The first-order valence-corrected chi connectivity index (χ1v) is 15.2. The summed E-state index contributed by atoms with van der Waals surface area (Å²) in [5.41, 5.74) is 0.961. The summed E-state index contributed by atoms with van der Waals surface area (Å²) < 4.78 is 0.967. The Morgan fingerprint density at radius 1 is 0.762 bits per heavy atom. The van der Waals surface area contributed by atoms with Gasteiger partial charge in [0, 0.05) is 10.6 Å². The Kier molecular flexibility index (Phi) is 9.27. The first-order valence-electron chi connectivity index (χ1n) is 12.0. The number of carboxylic acids is 1. The predicted molar refractivity (Wildman–Crippen MR) is 171 cm³/mol. The van der Waals surface area contributed by atoms with Crippen LogP contribution in [0, 0.1) is 0 Å². The molecule has 13 heteroatoms. The van der Waals surface area contributed by atoms with Crippen LogP contribution in [-0.4, -0.2) is 27.9 Å². The van der Waals surface area contributed by atoms with Gasteiger partial charge >= 0.3 is 5.97 Å². The highest BCUT2D eigenvalue weighted by Gasteiger charge is 2.29. The molecule has 1 heterocycles. The highest BCUT2D eigenvalue weighted by molar-refractivity contribution is 8.00. The molecule has 42 heavy (non-hydrogen) atoms. The van der Waals surface area contributed by atoms with E-state index in [9.17, 15) is 19.5 Å². The third kappa shape index (κ3) is 6.36. The highest BCUT2D eigenvalue weighted by Crippen LogP contribution is 2.42. The summed E-state index contributed by atoms with van der Waals surface area (Å²) >= 11 is 27.0. The number of anilines is 2. The Bertz CT molecular complexity index is 1800. The lowest BCUT2D eigenvalue weighted by atomic mass is 10.1. The molecule has 0 spiro atoms. The summed E-state index contributed by atoms with van der Waals surface area (Å²) in [6.45, 7) is 0. The van der Waals surface area contributed by atoms with Gasteiger partial charge in [0.15, 0.2) is 5.13 Å². The van der Waals surface area contributed by atoms with E-state index < -0.39 is 33.3 Å². The molecule has 7 nitrogen and oxygen atoms in total. The standard InChI is InChI=1S/C29H17Cl4N3O4S2/c30-21-19(20(28(39)40)22(31)24(33)23(21)32)26(37)34-15-10-12-16(13-11-15)41-25(14-6-2-1-3-7-14)27(38)36-29-35-17-8-4-5-9-18(17)42-29/h1-13,25H,(H,34,37)(H,39,40)(H,35,36,38). The number of hydrogen-bond acceptors (Lipinski definition) is 6. The molecule has 5 rings (SSSR count). The first kappa shape index (κ1) is 30.2. The topological polar surface area (TPSA) is 108 Å². The van der Waals surface area contributed by atoms with Crippen LogP contribution in [0.25, 0.3) is 10.2 Å². The average molecular weight is 677 g/mol. The zero-order valence-corrected chi connectivity index (χ0v) is 25.7. The van der Waals surface area contributed by atoms with Crippen molar-refractivity contribution in [3.8, 4) is 0 Å². The van der Waals surface area contributed by atoms with Crippen molar-refractivity contribution in [1.29, 1.82) is 0 Å². The first-order chi connectivity index (χ1) is 20.1. The number of amides is 2. The van der Waals surface area contributed by atoms with Gasteiger partial charge in [0.05, 0.1) is 41.4 Å². The minimum Gasteiger partial charge on any atom is -0.478 e. The number of carbonyl (C=O) groups excluding carboxylic acids is 2. The van der Waals surface area contributed by atoms with E-state index in [1.165, 1.54) is 23.1 Å². The lowest BCUT2D eigenvalue weighted by Gasteiger charge is -2.17. The van der Waals surface area contributed by atoms with E-state index in [1.807, 2.05) is 54.6 Å². The quantitative estimate of drug-likeness (QED) is 0.0859. The molecule has 0 bridgehead atoms. The highest BCUT2D eigenvalue weighted by atomic mass is 35.5. The Hall–Kier alpha value is -3.31. The molecule has 212 valence electrons. The van der Waals surface area contributed by atoms with E-state index in [1.54, 1.807) is 24.3 Å². The van der Waals surface area contributed by atoms with Crippen molar-refractivity contribution < 1.29 is 19.5 Å². The second kappa shape index (κ2) is 12.9. The molecule has 1 aromatic heterocycles. The van der Waals surface area contributed by atoms with E-state index in [0.717, 1.165) is 20.7 Å². The Morgan fingerprint density at radius 2 is 1.38 bits per heavy atom. The van der Waals surface area contributed by atoms with Crippen molar-refractivity contribution in [1.82, 2.24) is 4.98 Å². The van der Waals surface area contributed by atoms with Crippen LogP contribution in [0.15, 0.2) is 83.8 Å². The summed E-state index contributed by atoms with van der Waals surface area (Å²) in [4.78, 5) is 43.6. The number of aromatic carboxylic acids is 1. The minimum atomic E-state index is -1.49. The van der Waals surface area contributed by atoms with Crippen molar-refractivity contribution in [2.75, 3.05) is 10.6 Å². The number of thiazole rings is 1. The van der Waals surface area contributed by atoms with Gasteiger partial charge in [0.25, 0.3) is 5.91 Å². The number of thioether (sulfide) groups is 1. The number of nitrogens with one attached hydrogen (secondary N) is 2. The molecule has 1 unspecified atom stereocenters. The number of nitrogens with zero attached hydrogens (tertiary/aromatic N) is 1. The number of carboxylic acid groups (broad SMARTS) is 1. The summed E-state index contributed by atoms with van der Waals surface area (Å²) in [6, 6.07) is 23.6. The molecule has 0 radical (unpaired) electrons. The number of carbonyl (C=O) groups is 3. The molecule has 0 aliphatic rings. The molecule has 4 aromatic carbocycles. The van der Waals surface area contributed by atoms with Gasteiger partial charge in [-0.25, -0.2) is 9.78 Å². The lowest BCUT2D eigenvalue weighted by Crippen LogP contribution is -2.19. The minimum absolute atomic E-state index is 0.235. The maximum absolute atomic E-state index is 13.4. The smallest absolute Gasteiger partial charge is 0.338 e. The van der Waals surface area contributed by atoms with Crippen LogP contribution in [0.4, 0.5) is 10.8 Å². The van der Waals surface area contributed by atoms with Crippen molar-refractivity contribution in [2.45, 2.75) is 10.1 Å². The number of aromatic nitrogens is 1. The van der Waals surface area contributed by atoms with Gasteiger partial charge in [-0.15, -0.1) is 11.8 Å². The third-order valence-corrected chi connectivity index (χ3v) is 9.96. The van der Waals surface area contributed by atoms with Crippen LogP contribution in [0.3, 0.4) is 0 Å². The fraction of sp³-hybridized carbons (Fsp3) is 0.0345. The summed E-state index contributed by atoms with van der Waals surface area (Å²) in [5.74, 6) is -2.57. The average Bonchev–Trinajstić information content (AvgIpc) is 3.39. The molecule has 3 N–H and O–H groups in total. The number of benzene rings is 4. The van der Waals surface area contributed by atoms with Gasteiger partial charge in [-0.05, 0) is 42.0 Å². The van der Waals surface area contributed by atoms with Crippen molar-refractivity contribution in [3.63, 3.8) is 0 Å². The lowest BCUT2D eigenvalue weighted by molar-refractivity contribution is -0.115. The second-order valence-electron chi connectivity index (χ2n) is 8.67. The molecular formula is C29H17Cl4N3O4S2. The number of halogens is 4. The normalized spacial score (nSPS) is 11.7. The molecular weight excluding hydrogens is 660 g/mol. The zero-order chi connectivity index (χ0) is 30.0. The summed E-state index contributed by atoms with van der Waals surface area (Å²) in [6.07, 6.45) is 0. The predicted octanol–water partition coefficient (Wildman–Crippen LogP) is 9.33. The number of rotatable bonds is 8. The van der Waals surface area contributed by atoms with Crippen molar-refractivity contribution in [2.24, 2.45) is 0 Å². The summed E-state index contributed by atoms with van der Waals surface area (Å²) in [5, 5.41) is 13.8. The van der Waals surface area contributed by atoms with E-state index in [2.05, 4.69) is 15.6 Å². The Balaban J connectivity index is 1.36. The van der Waals surface area contributed by atoms with E-state index >= 15 is 0 Å². The molecule has 0 saturated carbocycles. The molecule has 0 fully saturated rings. The third-order valence-electron chi connectivity index (χ3n) is 5.94. The molecule has 0 aliphatic heterocycles. The number of para-hydroxylation sites is 1. The van der Waals surface area contributed by atoms with Crippen LogP contribution >= 0.6 is 69.5 Å². The Morgan fingerprint density at radius 3 is 2.02 bits per heavy atom.